The topological polar surface area (TPSA) is 30.5 Å². The summed E-state index contributed by atoms with van der Waals surface area (Å²) in [6, 6.07) is 6.19. The lowest BCUT2D eigenvalue weighted by molar-refractivity contribution is 0.354. The van der Waals surface area contributed by atoms with Crippen molar-refractivity contribution in [1.29, 1.82) is 0 Å². The third-order valence-electron chi connectivity index (χ3n) is 3.38. The highest BCUT2D eigenvalue weighted by Gasteiger charge is 2.09. The largest absolute Gasteiger partial charge is 0.493 e. The molecule has 1 N–H and O–H groups in total. The number of benzene rings is 1. The van der Waals surface area contributed by atoms with Crippen molar-refractivity contribution in [2.45, 2.75) is 26.9 Å². The molecule has 2 rings (SSSR count). The van der Waals surface area contributed by atoms with Crippen LogP contribution in [-0.2, 0) is 13.1 Å². The van der Waals surface area contributed by atoms with Crippen molar-refractivity contribution >= 4 is 27.3 Å². The Bertz CT molecular complexity index is 605. The second-order valence-corrected chi connectivity index (χ2v) is 7.05. The fraction of sp³-hybridized carbons (Fsp3) is 0.375. The highest BCUT2D eigenvalue weighted by atomic mass is 79.9. The Balaban J connectivity index is 2.02. The van der Waals surface area contributed by atoms with Crippen molar-refractivity contribution in [2.75, 3.05) is 14.2 Å². The Morgan fingerprint density at radius 2 is 1.71 bits per heavy atom. The molecule has 0 aliphatic carbocycles. The summed E-state index contributed by atoms with van der Waals surface area (Å²) in [5.74, 6) is 1.48. The van der Waals surface area contributed by atoms with E-state index in [0.717, 1.165) is 34.6 Å². The van der Waals surface area contributed by atoms with Gasteiger partial charge in [-0.2, -0.15) is 0 Å². The summed E-state index contributed by atoms with van der Waals surface area (Å²) in [6.07, 6.45) is 0. The second kappa shape index (κ2) is 7.29. The van der Waals surface area contributed by atoms with Gasteiger partial charge in [0, 0.05) is 27.3 Å². The van der Waals surface area contributed by atoms with Crippen molar-refractivity contribution in [1.82, 2.24) is 5.32 Å². The molecule has 2 aromatic rings. The van der Waals surface area contributed by atoms with Crippen molar-refractivity contribution in [3.05, 3.63) is 43.6 Å². The van der Waals surface area contributed by atoms with Gasteiger partial charge in [0.15, 0.2) is 11.5 Å². The maximum absolute atomic E-state index is 5.34. The van der Waals surface area contributed by atoms with Gasteiger partial charge in [-0.25, -0.2) is 0 Å². The number of thiophene rings is 1. The van der Waals surface area contributed by atoms with Crippen LogP contribution in [0.1, 0.15) is 20.9 Å². The molecule has 0 spiro atoms. The normalized spacial score (nSPS) is 10.7. The zero-order valence-electron chi connectivity index (χ0n) is 12.7. The minimum Gasteiger partial charge on any atom is -0.493 e. The lowest BCUT2D eigenvalue weighted by Crippen LogP contribution is -2.12. The monoisotopic (exact) mass is 369 g/mol. The molecule has 0 fully saturated rings. The summed E-state index contributed by atoms with van der Waals surface area (Å²) in [5.41, 5.74) is 2.52. The van der Waals surface area contributed by atoms with Crippen LogP contribution < -0.4 is 14.8 Å². The molecule has 114 valence electrons. The van der Waals surface area contributed by atoms with Crippen LogP contribution in [0.4, 0.5) is 0 Å². The molecule has 0 bridgehead atoms. The first-order valence-corrected chi connectivity index (χ1v) is 8.33. The molecular weight excluding hydrogens is 350 g/mol. The standard InChI is InChI=1S/C16H20BrNO2S/c1-10-5-13(21-11(10)2)9-18-8-12-6-15(19-3)16(20-4)7-14(12)17/h5-7,18H,8-9H2,1-4H3. The molecule has 5 heteroatoms. The van der Waals surface area contributed by atoms with Gasteiger partial charge >= 0.3 is 0 Å². The number of halogens is 1. The fourth-order valence-electron chi connectivity index (χ4n) is 2.09. The van der Waals surface area contributed by atoms with E-state index in [2.05, 4.69) is 41.2 Å². The minimum absolute atomic E-state index is 0.734. The summed E-state index contributed by atoms with van der Waals surface area (Å²) >= 11 is 5.43. The van der Waals surface area contributed by atoms with E-state index in [-0.39, 0.29) is 0 Å². The van der Waals surface area contributed by atoms with Gasteiger partial charge in [0.05, 0.1) is 14.2 Å². The third-order valence-corrected chi connectivity index (χ3v) is 5.28. The van der Waals surface area contributed by atoms with Crippen molar-refractivity contribution in [3.8, 4) is 11.5 Å². The van der Waals surface area contributed by atoms with Crippen LogP contribution in [0.3, 0.4) is 0 Å². The van der Waals surface area contributed by atoms with Crippen LogP contribution in [0.5, 0.6) is 11.5 Å². The van der Waals surface area contributed by atoms with E-state index in [9.17, 15) is 0 Å². The molecule has 0 saturated carbocycles. The van der Waals surface area contributed by atoms with Crippen molar-refractivity contribution in [2.24, 2.45) is 0 Å². The van der Waals surface area contributed by atoms with Gasteiger partial charge < -0.3 is 14.8 Å². The first-order chi connectivity index (χ1) is 10.0. The van der Waals surface area contributed by atoms with Crippen LogP contribution in [-0.4, -0.2) is 14.2 Å². The van der Waals surface area contributed by atoms with Crippen LogP contribution >= 0.6 is 27.3 Å². The Morgan fingerprint density at radius 1 is 1.05 bits per heavy atom. The molecule has 21 heavy (non-hydrogen) atoms. The Morgan fingerprint density at radius 3 is 2.29 bits per heavy atom. The molecule has 0 amide bonds. The highest BCUT2D eigenvalue weighted by molar-refractivity contribution is 9.10. The molecule has 0 saturated heterocycles. The van der Waals surface area contributed by atoms with Crippen molar-refractivity contribution < 1.29 is 9.47 Å². The van der Waals surface area contributed by atoms with Gasteiger partial charge in [-0.3, -0.25) is 0 Å². The number of hydrogen-bond donors (Lipinski definition) is 1. The zero-order chi connectivity index (χ0) is 15.4. The average Bonchev–Trinajstić information content (AvgIpc) is 2.79. The Labute approximate surface area is 138 Å². The molecule has 0 radical (unpaired) electrons. The maximum Gasteiger partial charge on any atom is 0.161 e. The first-order valence-electron chi connectivity index (χ1n) is 6.72. The smallest absolute Gasteiger partial charge is 0.161 e. The molecule has 0 unspecified atom stereocenters. The quantitative estimate of drug-likeness (QED) is 0.816. The van der Waals surface area contributed by atoms with E-state index in [1.165, 1.54) is 15.3 Å². The molecular formula is C16H20BrNO2S. The maximum atomic E-state index is 5.34. The van der Waals surface area contributed by atoms with E-state index in [1.54, 1.807) is 14.2 Å². The molecule has 0 aliphatic rings. The summed E-state index contributed by atoms with van der Waals surface area (Å²) < 4.78 is 11.7. The molecule has 1 heterocycles. The average molecular weight is 370 g/mol. The number of nitrogens with one attached hydrogen (secondary N) is 1. The SMILES string of the molecule is COc1cc(Br)c(CNCc2cc(C)c(C)s2)cc1OC. The van der Waals surface area contributed by atoms with E-state index in [4.69, 9.17) is 9.47 Å². The van der Waals surface area contributed by atoms with Gasteiger partial charge in [0.2, 0.25) is 0 Å². The third kappa shape index (κ3) is 3.99. The summed E-state index contributed by atoms with van der Waals surface area (Å²) in [7, 11) is 3.30. The number of rotatable bonds is 6. The Kier molecular flexibility index (Phi) is 5.67. The lowest BCUT2D eigenvalue weighted by atomic mass is 10.2. The Hall–Kier alpha value is -1.04. The second-order valence-electron chi connectivity index (χ2n) is 4.85. The summed E-state index contributed by atoms with van der Waals surface area (Å²) in [6.45, 7) is 5.96. The molecule has 3 nitrogen and oxygen atoms in total. The molecule has 0 aliphatic heterocycles. The van der Waals surface area contributed by atoms with E-state index in [1.807, 2.05) is 23.5 Å². The molecule has 0 atom stereocenters. The first kappa shape index (κ1) is 16.3. The van der Waals surface area contributed by atoms with Crippen LogP contribution in [0.2, 0.25) is 0 Å². The lowest BCUT2D eigenvalue weighted by Gasteiger charge is -2.12. The fourth-order valence-corrected chi connectivity index (χ4v) is 3.57. The minimum atomic E-state index is 0.734. The van der Waals surface area contributed by atoms with E-state index >= 15 is 0 Å². The zero-order valence-corrected chi connectivity index (χ0v) is 15.2. The predicted molar refractivity (Wildman–Crippen MR) is 91.6 cm³/mol. The number of aryl methyl sites for hydroxylation is 2. The van der Waals surface area contributed by atoms with Crippen LogP contribution in [0, 0.1) is 13.8 Å². The number of methoxy groups -OCH3 is 2. The summed E-state index contributed by atoms with van der Waals surface area (Å²) in [5, 5.41) is 3.47. The van der Waals surface area contributed by atoms with Crippen LogP contribution in [0.15, 0.2) is 22.7 Å². The summed E-state index contributed by atoms with van der Waals surface area (Å²) in [4.78, 5) is 2.75. The predicted octanol–water partition coefficient (Wildman–Crippen LogP) is 4.43. The van der Waals surface area contributed by atoms with E-state index in [0.29, 0.717) is 0 Å². The van der Waals surface area contributed by atoms with Gasteiger partial charge in [-0.05, 0) is 43.2 Å². The van der Waals surface area contributed by atoms with Crippen molar-refractivity contribution in [3.63, 3.8) is 0 Å². The van der Waals surface area contributed by atoms with Gasteiger partial charge in [0.25, 0.3) is 0 Å². The number of hydrogen-bond acceptors (Lipinski definition) is 4. The molecule has 1 aromatic carbocycles. The molecule has 1 aromatic heterocycles. The van der Waals surface area contributed by atoms with Gasteiger partial charge in [-0.15, -0.1) is 11.3 Å². The highest BCUT2D eigenvalue weighted by Crippen LogP contribution is 2.33. The van der Waals surface area contributed by atoms with Crippen LogP contribution in [0.25, 0.3) is 0 Å². The number of ether oxygens (including phenoxy) is 2. The van der Waals surface area contributed by atoms with Gasteiger partial charge in [-0.1, -0.05) is 15.9 Å². The van der Waals surface area contributed by atoms with E-state index < -0.39 is 0 Å². The van der Waals surface area contributed by atoms with Gasteiger partial charge in [0.1, 0.15) is 0 Å².